The van der Waals surface area contributed by atoms with Gasteiger partial charge < -0.3 is 10.6 Å². The predicted molar refractivity (Wildman–Crippen MR) is 92.1 cm³/mol. The topological polar surface area (TPSA) is 45.7 Å². The molecule has 0 unspecified atom stereocenters. The van der Waals surface area contributed by atoms with Crippen LogP contribution in [0.3, 0.4) is 0 Å². The Bertz CT molecular complexity index is 574. The largest absolute Gasteiger partial charge is 0.331 e. The van der Waals surface area contributed by atoms with Gasteiger partial charge in [-0.2, -0.15) is 0 Å². The second-order valence-electron chi connectivity index (χ2n) is 8.59. The van der Waals surface area contributed by atoms with E-state index in [-0.39, 0.29) is 11.9 Å². The van der Waals surface area contributed by atoms with Crippen molar-refractivity contribution in [1.29, 1.82) is 0 Å². The van der Waals surface area contributed by atoms with E-state index in [1.165, 1.54) is 44.1 Å². The summed E-state index contributed by atoms with van der Waals surface area (Å²) in [5, 5.41) is 5.51. The Labute approximate surface area is 139 Å². The number of carbonyl (C=O) groups is 1. The molecule has 0 radical (unpaired) electrons. The van der Waals surface area contributed by atoms with Gasteiger partial charge >= 0.3 is 0 Å². The van der Waals surface area contributed by atoms with Gasteiger partial charge in [0.2, 0.25) is 0 Å². The van der Waals surface area contributed by atoms with Crippen molar-refractivity contribution in [3.8, 4) is 0 Å². The molecule has 4 fully saturated rings. The molecule has 4 aliphatic carbocycles. The highest BCUT2D eigenvalue weighted by atomic mass is 16.2. The maximum atomic E-state index is 12.6. The molecule has 1 atom stereocenters. The molecule has 3 heteroatoms. The van der Waals surface area contributed by atoms with Gasteiger partial charge in [-0.1, -0.05) is 12.1 Å². The fourth-order valence-electron chi connectivity index (χ4n) is 5.97. The second-order valence-corrected chi connectivity index (χ2v) is 8.59. The Balaban J connectivity index is 1.41. The molecule has 4 aliphatic rings. The summed E-state index contributed by atoms with van der Waals surface area (Å²) in [6.45, 7) is 4.13. The number of hydrogen-bond acceptors (Lipinski definition) is 1. The van der Waals surface area contributed by atoms with Crippen molar-refractivity contribution in [2.24, 2.45) is 17.8 Å². The van der Waals surface area contributed by atoms with Crippen LogP contribution in [0.4, 0.5) is 5.69 Å². The van der Waals surface area contributed by atoms with E-state index < -0.39 is 0 Å². The average molecular weight is 313 g/mol. The van der Waals surface area contributed by atoms with Crippen LogP contribution >= 0.6 is 0 Å². The first-order chi connectivity index (χ1) is 11.0. The normalized spacial score (nSPS) is 36.0. The first-order valence-corrected chi connectivity index (χ1v) is 9.25. The van der Waals surface area contributed by atoms with Crippen molar-refractivity contribution in [1.82, 2.24) is 0 Å². The van der Waals surface area contributed by atoms with E-state index in [9.17, 15) is 4.79 Å². The number of quaternary nitrogens is 1. The number of carbonyl (C=O) groups excluding carboxylic acids is 1. The molecule has 0 saturated heterocycles. The van der Waals surface area contributed by atoms with Crippen molar-refractivity contribution < 1.29 is 10.1 Å². The zero-order valence-electron chi connectivity index (χ0n) is 14.3. The van der Waals surface area contributed by atoms with Crippen LogP contribution < -0.4 is 10.6 Å². The van der Waals surface area contributed by atoms with Gasteiger partial charge in [-0.25, -0.2) is 0 Å². The monoisotopic (exact) mass is 313 g/mol. The predicted octanol–water partition coefficient (Wildman–Crippen LogP) is 2.85. The Morgan fingerprint density at radius 3 is 2.35 bits per heavy atom. The summed E-state index contributed by atoms with van der Waals surface area (Å²) in [5.74, 6) is 2.95. The number of rotatable bonds is 4. The van der Waals surface area contributed by atoms with Gasteiger partial charge in [0, 0.05) is 24.9 Å². The molecule has 0 aromatic heterocycles. The number of benzene rings is 1. The molecule has 1 aromatic carbocycles. The number of nitrogens with two attached hydrogens (primary N) is 1. The highest BCUT2D eigenvalue weighted by molar-refractivity contribution is 5.93. The molecule has 124 valence electrons. The summed E-state index contributed by atoms with van der Waals surface area (Å²) in [5.41, 5.74) is 2.46. The molecule has 1 aromatic rings. The summed E-state index contributed by atoms with van der Waals surface area (Å²) in [7, 11) is 0. The van der Waals surface area contributed by atoms with Crippen LogP contribution in [0.5, 0.6) is 0 Å². The number of hydrogen-bond donors (Lipinski definition) is 2. The summed E-state index contributed by atoms with van der Waals surface area (Å²) in [6, 6.07) is 8.06. The van der Waals surface area contributed by atoms with Crippen molar-refractivity contribution in [2.75, 3.05) is 5.32 Å². The molecule has 0 heterocycles. The van der Waals surface area contributed by atoms with E-state index >= 15 is 0 Å². The third-order valence-corrected chi connectivity index (χ3v) is 6.39. The lowest BCUT2D eigenvalue weighted by Gasteiger charge is -2.55. The zero-order valence-corrected chi connectivity index (χ0v) is 14.3. The number of anilines is 1. The lowest BCUT2D eigenvalue weighted by atomic mass is 9.53. The summed E-state index contributed by atoms with van der Waals surface area (Å²) in [4.78, 5) is 12.6. The molecule has 3 nitrogen and oxygen atoms in total. The fourth-order valence-corrected chi connectivity index (χ4v) is 5.97. The van der Waals surface area contributed by atoms with Gasteiger partial charge in [-0.15, -0.1) is 0 Å². The maximum absolute atomic E-state index is 12.6. The van der Waals surface area contributed by atoms with Crippen molar-refractivity contribution in [3.63, 3.8) is 0 Å². The van der Waals surface area contributed by atoms with Gasteiger partial charge in [0.1, 0.15) is 0 Å². The highest BCUT2D eigenvalue weighted by Crippen LogP contribution is 2.54. The average Bonchev–Trinajstić information content (AvgIpc) is 2.45. The van der Waals surface area contributed by atoms with E-state index in [0.29, 0.717) is 5.54 Å². The van der Waals surface area contributed by atoms with Crippen LogP contribution in [0.25, 0.3) is 0 Å². The molecular weight excluding hydrogens is 284 g/mol. The standard InChI is InChI=1S/C20H28N2O/c1-13-4-3-5-18(6-13)21-19(23)14(2)22-20-10-15-7-16(11-20)9-17(8-15)12-20/h3-6,14-17,22H,7-12H2,1-2H3,(H,21,23)/p+1/t14-,15?,16?,17?,20?/m0/s1. The molecule has 23 heavy (non-hydrogen) atoms. The van der Waals surface area contributed by atoms with E-state index in [1.54, 1.807) is 0 Å². The zero-order chi connectivity index (χ0) is 16.0. The van der Waals surface area contributed by atoms with E-state index in [1.807, 2.05) is 18.2 Å². The molecule has 5 rings (SSSR count). The smallest absolute Gasteiger partial charge is 0.282 e. The molecule has 4 saturated carbocycles. The van der Waals surface area contributed by atoms with Gasteiger partial charge in [0.05, 0.1) is 5.54 Å². The molecular formula is C20H29N2O+. The number of aryl methyl sites for hydroxylation is 1. The van der Waals surface area contributed by atoms with Crippen LogP contribution in [-0.2, 0) is 4.79 Å². The first-order valence-electron chi connectivity index (χ1n) is 9.25. The highest BCUT2D eigenvalue weighted by Gasteiger charge is 2.54. The van der Waals surface area contributed by atoms with E-state index in [0.717, 1.165) is 23.4 Å². The maximum Gasteiger partial charge on any atom is 0.282 e. The van der Waals surface area contributed by atoms with Gasteiger partial charge in [-0.05, 0) is 68.6 Å². The Hall–Kier alpha value is -1.35. The van der Waals surface area contributed by atoms with Crippen molar-refractivity contribution in [3.05, 3.63) is 29.8 Å². The minimum atomic E-state index is -0.00763. The Morgan fingerprint density at radius 2 is 1.78 bits per heavy atom. The minimum Gasteiger partial charge on any atom is -0.331 e. The quantitative estimate of drug-likeness (QED) is 0.882. The fraction of sp³-hybridized carbons (Fsp3) is 0.650. The van der Waals surface area contributed by atoms with Crippen LogP contribution in [0.1, 0.15) is 51.0 Å². The summed E-state index contributed by atoms with van der Waals surface area (Å²) < 4.78 is 0. The van der Waals surface area contributed by atoms with Crippen molar-refractivity contribution >= 4 is 11.6 Å². The van der Waals surface area contributed by atoms with Crippen LogP contribution in [0.15, 0.2) is 24.3 Å². The Morgan fingerprint density at radius 1 is 1.17 bits per heavy atom. The minimum absolute atomic E-state index is 0.00763. The van der Waals surface area contributed by atoms with Crippen molar-refractivity contribution in [2.45, 2.75) is 64.0 Å². The summed E-state index contributed by atoms with van der Waals surface area (Å²) in [6.07, 6.45) is 8.37. The SMILES string of the molecule is Cc1cccc(NC(=O)[C@H](C)[NH2+]C23CC4CC(CC(C4)C2)C3)c1. The van der Waals surface area contributed by atoms with Crippen LogP contribution in [0, 0.1) is 24.7 Å². The molecule has 1 amide bonds. The van der Waals surface area contributed by atoms with Gasteiger partial charge in [0.25, 0.3) is 5.91 Å². The summed E-state index contributed by atoms with van der Waals surface area (Å²) >= 11 is 0. The number of nitrogens with one attached hydrogen (secondary N) is 1. The molecule has 0 aliphatic heterocycles. The first kappa shape index (κ1) is 15.2. The van der Waals surface area contributed by atoms with Gasteiger partial charge in [0.15, 0.2) is 6.04 Å². The molecule has 4 bridgehead atoms. The molecule has 3 N–H and O–H groups in total. The second kappa shape index (κ2) is 5.62. The van der Waals surface area contributed by atoms with Crippen LogP contribution in [-0.4, -0.2) is 17.5 Å². The van der Waals surface area contributed by atoms with E-state index in [4.69, 9.17) is 0 Å². The third kappa shape index (κ3) is 3.03. The van der Waals surface area contributed by atoms with E-state index in [2.05, 4.69) is 30.5 Å². The molecule has 0 spiro atoms. The lowest BCUT2D eigenvalue weighted by molar-refractivity contribution is -0.754. The van der Waals surface area contributed by atoms with Crippen LogP contribution in [0.2, 0.25) is 0 Å². The van der Waals surface area contributed by atoms with Gasteiger partial charge in [-0.3, -0.25) is 4.79 Å². The Kier molecular flexibility index (Phi) is 3.72. The lowest BCUT2D eigenvalue weighted by Crippen LogP contribution is -3.03. The number of amides is 1. The third-order valence-electron chi connectivity index (χ3n) is 6.39.